The van der Waals surface area contributed by atoms with Gasteiger partial charge in [-0.2, -0.15) is 0 Å². The van der Waals surface area contributed by atoms with Gasteiger partial charge in [0.25, 0.3) is 0 Å². The van der Waals surface area contributed by atoms with E-state index < -0.39 is 6.03 Å². The van der Waals surface area contributed by atoms with Gasteiger partial charge < -0.3 is 25.4 Å². The van der Waals surface area contributed by atoms with Crippen LogP contribution in [0.5, 0.6) is 11.5 Å². The summed E-state index contributed by atoms with van der Waals surface area (Å²) in [5.41, 5.74) is 1.31. The molecule has 3 amide bonds. The number of aromatic nitrogens is 2. The first-order valence-electron chi connectivity index (χ1n) is 11.2. The Morgan fingerprint density at radius 1 is 1.03 bits per heavy atom. The first kappa shape index (κ1) is 26.1. The van der Waals surface area contributed by atoms with E-state index in [1.54, 1.807) is 24.3 Å². The molecule has 1 aliphatic carbocycles. The standard InChI is InChI=1S/C25H24Cl2N6O4/c1-4-21(34)31-16-8-6-5-7-15(16)30-19-12-20(29-13-28-19)33(14-9-10-14)25(35)32-24-22(26)17(36-2)11-18(37-3)23(24)27/h4-8,11-14H,1,9-10H2,2-3H3,(H,31,34)(H,32,35)(H,28,29,30). The summed E-state index contributed by atoms with van der Waals surface area (Å²) >= 11 is 12.9. The SMILES string of the molecule is C=CC(=O)Nc1ccccc1Nc1cc(N(C(=O)Nc2c(Cl)c(OC)cc(OC)c2Cl)C2CC2)ncn1. The van der Waals surface area contributed by atoms with Gasteiger partial charge >= 0.3 is 6.03 Å². The molecule has 1 aromatic heterocycles. The number of rotatable bonds is 9. The molecule has 0 saturated heterocycles. The van der Waals surface area contributed by atoms with Crippen LogP contribution in [-0.4, -0.2) is 42.2 Å². The molecule has 1 heterocycles. The number of amides is 3. The monoisotopic (exact) mass is 542 g/mol. The van der Waals surface area contributed by atoms with Gasteiger partial charge in [0.2, 0.25) is 5.91 Å². The van der Waals surface area contributed by atoms with E-state index in [1.165, 1.54) is 37.6 Å². The van der Waals surface area contributed by atoms with E-state index in [2.05, 4.69) is 32.5 Å². The lowest BCUT2D eigenvalue weighted by atomic mass is 10.2. The number of carbonyl (C=O) groups is 2. The zero-order chi connectivity index (χ0) is 26.5. The highest BCUT2D eigenvalue weighted by Gasteiger charge is 2.36. The van der Waals surface area contributed by atoms with Gasteiger partial charge in [-0.05, 0) is 31.1 Å². The number of anilines is 5. The van der Waals surface area contributed by atoms with Crippen LogP contribution in [0, 0.1) is 0 Å². The third-order valence-electron chi connectivity index (χ3n) is 5.47. The molecule has 0 aliphatic heterocycles. The Bertz CT molecular complexity index is 1320. The van der Waals surface area contributed by atoms with E-state index in [-0.39, 0.29) is 27.7 Å². The molecule has 0 atom stereocenters. The molecule has 1 aliphatic rings. The first-order chi connectivity index (χ1) is 17.9. The molecule has 3 N–H and O–H groups in total. The van der Waals surface area contributed by atoms with Gasteiger partial charge in [-0.3, -0.25) is 9.69 Å². The van der Waals surface area contributed by atoms with Gasteiger partial charge in [-0.1, -0.05) is 41.9 Å². The van der Waals surface area contributed by atoms with Gasteiger partial charge in [-0.15, -0.1) is 0 Å². The largest absolute Gasteiger partial charge is 0.495 e. The van der Waals surface area contributed by atoms with Crippen molar-refractivity contribution in [1.82, 2.24) is 9.97 Å². The van der Waals surface area contributed by atoms with E-state index >= 15 is 0 Å². The molecule has 37 heavy (non-hydrogen) atoms. The minimum atomic E-state index is -0.482. The second-order valence-electron chi connectivity index (χ2n) is 7.94. The number of hydrogen-bond acceptors (Lipinski definition) is 7. The number of para-hydroxylation sites is 2. The minimum Gasteiger partial charge on any atom is -0.495 e. The van der Waals surface area contributed by atoms with Crippen LogP contribution in [0.4, 0.5) is 33.5 Å². The van der Waals surface area contributed by atoms with E-state index in [9.17, 15) is 9.59 Å². The predicted octanol–water partition coefficient (Wildman–Crippen LogP) is 5.87. The van der Waals surface area contributed by atoms with Crippen LogP contribution < -0.4 is 30.3 Å². The number of halogens is 2. The molecule has 0 radical (unpaired) electrons. The van der Waals surface area contributed by atoms with Crippen LogP contribution in [0.25, 0.3) is 0 Å². The van der Waals surface area contributed by atoms with Gasteiger partial charge in [0.1, 0.15) is 39.5 Å². The molecule has 0 spiro atoms. The van der Waals surface area contributed by atoms with Crippen molar-refractivity contribution >= 4 is 63.8 Å². The zero-order valence-electron chi connectivity index (χ0n) is 20.0. The van der Waals surface area contributed by atoms with Gasteiger partial charge in [0.15, 0.2) is 0 Å². The molecule has 4 rings (SSSR count). The Hall–Kier alpha value is -4.02. The summed E-state index contributed by atoms with van der Waals surface area (Å²) in [5.74, 6) is 1.04. The molecular formula is C25H24Cl2N6O4. The average Bonchev–Trinajstić information content (AvgIpc) is 3.73. The topological polar surface area (TPSA) is 118 Å². The Labute approximate surface area is 223 Å². The lowest BCUT2D eigenvalue weighted by molar-refractivity contribution is -0.111. The van der Waals surface area contributed by atoms with Crippen molar-refractivity contribution in [2.45, 2.75) is 18.9 Å². The maximum absolute atomic E-state index is 13.5. The highest BCUT2D eigenvalue weighted by atomic mass is 35.5. The summed E-state index contributed by atoms with van der Waals surface area (Å²) in [4.78, 5) is 35.4. The molecular weight excluding hydrogens is 519 g/mol. The van der Waals surface area contributed by atoms with Crippen molar-refractivity contribution in [3.8, 4) is 11.5 Å². The molecule has 3 aromatic rings. The highest BCUT2D eigenvalue weighted by molar-refractivity contribution is 6.41. The van der Waals surface area contributed by atoms with Crippen molar-refractivity contribution in [2.24, 2.45) is 0 Å². The van der Waals surface area contributed by atoms with Crippen LogP contribution >= 0.6 is 23.2 Å². The van der Waals surface area contributed by atoms with Crippen LogP contribution in [0.3, 0.4) is 0 Å². The van der Waals surface area contributed by atoms with Crippen LogP contribution in [0.15, 0.2) is 55.4 Å². The maximum atomic E-state index is 13.5. The fourth-order valence-corrected chi connectivity index (χ4v) is 4.12. The van der Waals surface area contributed by atoms with Crippen LogP contribution in [-0.2, 0) is 4.79 Å². The summed E-state index contributed by atoms with van der Waals surface area (Å²) in [6, 6.07) is 9.76. The molecule has 2 aromatic carbocycles. The molecule has 10 nitrogen and oxygen atoms in total. The van der Waals surface area contributed by atoms with Crippen LogP contribution in [0.1, 0.15) is 12.8 Å². The molecule has 12 heteroatoms. The van der Waals surface area contributed by atoms with Crippen molar-refractivity contribution in [3.05, 3.63) is 65.4 Å². The predicted molar refractivity (Wildman–Crippen MR) is 145 cm³/mol. The normalized spacial score (nSPS) is 12.3. The van der Waals surface area contributed by atoms with Crippen molar-refractivity contribution < 1.29 is 19.1 Å². The lowest BCUT2D eigenvalue weighted by Gasteiger charge is -2.23. The summed E-state index contributed by atoms with van der Waals surface area (Å²) in [6.45, 7) is 3.47. The van der Waals surface area contributed by atoms with E-state index in [4.69, 9.17) is 32.7 Å². The molecule has 0 unspecified atom stereocenters. The zero-order valence-corrected chi connectivity index (χ0v) is 21.6. The minimum absolute atomic E-state index is 0.0630. The molecule has 0 bridgehead atoms. The third-order valence-corrected chi connectivity index (χ3v) is 6.22. The number of nitrogens with one attached hydrogen (secondary N) is 3. The summed E-state index contributed by atoms with van der Waals surface area (Å²) in [6.07, 6.45) is 4.14. The van der Waals surface area contributed by atoms with E-state index in [0.717, 1.165) is 12.8 Å². The second-order valence-corrected chi connectivity index (χ2v) is 8.70. The number of benzene rings is 2. The van der Waals surface area contributed by atoms with Crippen molar-refractivity contribution in [1.29, 1.82) is 0 Å². The molecule has 1 fully saturated rings. The summed E-state index contributed by atoms with van der Waals surface area (Å²) in [7, 11) is 2.90. The van der Waals surface area contributed by atoms with Crippen LogP contribution in [0.2, 0.25) is 10.0 Å². The van der Waals surface area contributed by atoms with Gasteiger partial charge in [0.05, 0.1) is 31.3 Å². The number of ether oxygens (including phenoxy) is 2. The highest BCUT2D eigenvalue weighted by Crippen LogP contribution is 2.44. The van der Waals surface area contributed by atoms with E-state index in [1.807, 2.05) is 6.07 Å². The summed E-state index contributed by atoms with van der Waals surface area (Å²) in [5, 5.41) is 8.96. The maximum Gasteiger partial charge on any atom is 0.327 e. The van der Waals surface area contributed by atoms with Crippen molar-refractivity contribution in [3.63, 3.8) is 0 Å². The number of carbonyl (C=O) groups excluding carboxylic acids is 2. The number of urea groups is 1. The first-order valence-corrected chi connectivity index (χ1v) is 11.9. The Morgan fingerprint density at radius 2 is 1.68 bits per heavy atom. The number of hydrogen-bond donors (Lipinski definition) is 3. The average molecular weight is 543 g/mol. The van der Waals surface area contributed by atoms with Gasteiger partial charge in [-0.25, -0.2) is 14.8 Å². The van der Waals surface area contributed by atoms with Gasteiger partial charge in [0, 0.05) is 18.2 Å². The fraction of sp³-hybridized carbons (Fsp3) is 0.200. The van der Waals surface area contributed by atoms with Crippen molar-refractivity contribution in [2.75, 3.05) is 35.1 Å². The Balaban J connectivity index is 1.61. The fourth-order valence-electron chi connectivity index (χ4n) is 3.52. The third kappa shape index (κ3) is 5.87. The second kappa shape index (κ2) is 11.4. The lowest BCUT2D eigenvalue weighted by Crippen LogP contribution is -2.37. The number of nitrogens with zero attached hydrogens (tertiary/aromatic N) is 3. The Kier molecular flexibility index (Phi) is 8.00. The quantitative estimate of drug-likeness (QED) is 0.289. The summed E-state index contributed by atoms with van der Waals surface area (Å²) < 4.78 is 10.6. The molecule has 1 saturated carbocycles. The smallest absolute Gasteiger partial charge is 0.327 e. The molecule has 192 valence electrons. The van der Waals surface area contributed by atoms with E-state index in [0.29, 0.717) is 34.5 Å². The Morgan fingerprint density at radius 3 is 2.27 bits per heavy atom. The number of methoxy groups -OCH3 is 2.